The maximum Gasteiger partial charge on any atom is 0.137 e. The zero-order valence-electron chi connectivity index (χ0n) is 13.0. The molecule has 114 valence electrons. The molecule has 3 fully saturated rings. The Hall–Kier alpha value is -0.830. The lowest BCUT2D eigenvalue weighted by atomic mass is 9.88. The molecule has 21 heavy (non-hydrogen) atoms. The maximum atomic E-state index is 6.34. The molecule has 0 aromatic carbocycles. The van der Waals surface area contributed by atoms with Crippen LogP contribution in [0.15, 0.2) is 0 Å². The number of fused-ring (bicyclic) bond motifs is 2. The van der Waals surface area contributed by atoms with Gasteiger partial charge in [0, 0.05) is 25.1 Å². The third-order valence-electron chi connectivity index (χ3n) is 5.77. The summed E-state index contributed by atoms with van der Waals surface area (Å²) in [5.74, 6) is 5.38. The fourth-order valence-corrected chi connectivity index (χ4v) is 4.60. The molecule has 4 rings (SSSR count). The van der Waals surface area contributed by atoms with Crippen LogP contribution in [0, 0.1) is 24.7 Å². The summed E-state index contributed by atoms with van der Waals surface area (Å²) in [5, 5.41) is 0.640. The molecule has 3 saturated carbocycles. The van der Waals surface area contributed by atoms with E-state index in [1.54, 1.807) is 0 Å². The molecule has 1 aromatic rings. The third-order valence-corrected chi connectivity index (χ3v) is 6.14. The number of halogens is 1. The Morgan fingerprint density at radius 3 is 2.57 bits per heavy atom. The van der Waals surface area contributed by atoms with Crippen LogP contribution >= 0.6 is 11.6 Å². The van der Waals surface area contributed by atoms with Crippen molar-refractivity contribution in [3.63, 3.8) is 0 Å². The molecule has 3 aliphatic carbocycles. The van der Waals surface area contributed by atoms with Crippen molar-refractivity contribution < 1.29 is 0 Å². The van der Waals surface area contributed by atoms with Crippen LogP contribution in [0.1, 0.15) is 55.8 Å². The zero-order chi connectivity index (χ0) is 14.6. The zero-order valence-corrected chi connectivity index (χ0v) is 13.7. The van der Waals surface area contributed by atoms with Crippen molar-refractivity contribution in [2.45, 2.75) is 51.4 Å². The van der Waals surface area contributed by atoms with Crippen molar-refractivity contribution in [1.82, 2.24) is 9.97 Å². The molecule has 4 heteroatoms. The molecule has 3 aliphatic rings. The van der Waals surface area contributed by atoms with Crippen LogP contribution < -0.4 is 4.90 Å². The number of hydrogen-bond donors (Lipinski definition) is 0. The van der Waals surface area contributed by atoms with E-state index < -0.39 is 0 Å². The second-order valence-corrected chi connectivity index (χ2v) is 7.77. The number of nitrogens with zero attached hydrogens (tertiary/aromatic N) is 3. The molecule has 2 bridgehead atoms. The lowest BCUT2D eigenvalue weighted by Crippen LogP contribution is -2.30. The van der Waals surface area contributed by atoms with E-state index in [2.05, 4.69) is 16.9 Å². The minimum atomic E-state index is 0.553. The fourth-order valence-electron chi connectivity index (χ4n) is 4.43. The Balaban J connectivity index is 1.54. The van der Waals surface area contributed by atoms with E-state index in [4.69, 9.17) is 16.6 Å². The summed E-state index contributed by atoms with van der Waals surface area (Å²) >= 11 is 6.34. The number of aromatic nitrogens is 2. The molecule has 3 nitrogen and oxygen atoms in total. The van der Waals surface area contributed by atoms with Crippen molar-refractivity contribution in [3.05, 3.63) is 16.5 Å². The van der Waals surface area contributed by atoms with Gasteiger partial charge in [-0.1, -0.05) is 18.0 Å². The molecular weight excluding hydrogens is 282 g/mol. The van der Waals surface area contributed by atoms with Crippen molar-refractivity contribution >= 4 is 17.4 Å². The van der Waals surface area contributed by atoms with Gasteiger partial charge in [0.15, 0.2) is 0 Å². The third kappa shape index (κ3) is 2.54. The van der Waals surface area contributed by atoms with E-state index >= 15 is 0 Å². The largest absolute Gasteiger partial charge is 0.359 e. The number of anilines is 1. The lowest BCUT2D eigenvalue weighted by Gasteiger charge is -2.29. The van der Waals surface area contributed by atoms with E-state index in [-0.39, 0.29) is 0 Å². The highest BCUT2D eigenvalue weighted by atomic mass is 35.5. The number of hydrogen-bond acceptors (Lipinski definition) is 3. The predicted octanol–water partition coefficient (Wildman–Crippen LogP) is 4.19. The normalized spacial score (nSPS) is 30.9. The van der Waals surface area contributed by atoms with Crippen LogP contribution in [-0.2, 0) is 0 Å². The van der Waals surface area contributed by atoms with Crippen LogP contribution in [0.3, 0.4) is 0 Å². The number of rotatable bonds is 4. The first-order chi connectivity index (χ1) is 10.1. The van der Waals surface area contributed by atoms with Gasteiger partial charge in [-0.15, -0.1) is 0 Å². The van der Waals surface area contributed by atoms with E-state index in [9.17, 15) is 0 Å². The van der Waals surface area contributed by atoms with Crippen molar-refractivity contribution in [2.24, 2.45) is 17.8 Å². The maximum absolute atomic E-state index is 6.34. The lowest BCUT2D eigenvalue weighted by molar-refractivity contribution is 0.337. The van der Waals surface area contributed by atoms with E-state index in [0.29, 0.717) is 11.1 Å². The average molecular weight is 306 g/mol. The Bertz CT molecular complexity index is 555. The molecule has 0 radical (unpaired) electrons. The van der Waals surface area contributed by atoms with Gasteiger partial charge in [-0.25, -0.2) is 9.97 Å². The molecule has 3 atom stereocenters. The summed E-state index contributed by atoms with van der Waals surface area (Å²) in [7, 11) is 2.17. The monoisotopic (exact) mass is 305 g/mol. The fraction of sp³-hybridized carbons (Fsp3) is 0.765. The molecular formula is C17H24ClN3. The Labute approximate surface area is 132 Å². The highest BCUT2D eigenvalue weighted by Crippen LogP contribution is 2.48. The summed E-state index contributed by atoms with van der Waals surface area (Å²) in [6.45, 7) is 3.17. The van der Waals surface area contributed by atoms with Crippen LogP contribution in [-0.4, -0.2) is 23.6 Å². The van der Waals surface area contributed by atoms with Gasteiger partial charge in [0.1, 0.15) is 16.8 Å². The van der Waals surface area contributed by atoms with Gasteiger partial charge >= 0.3 is 0 Å². The molecule has 1 heterocycles. The highest BCUT2D eigenvalue weighted by molar-refractivity contribution is 6.30. The summed E-state index contributed by atoms with van der Waals surface area (Å²) in [6.07, 6.45) is 8.23. The van der Waals surface area contributed by atoms with E-state index in [1.165, 1.54) is 38.5 Å². The minimum Gasteiger partial charge on any atom is -0.359 e. The Kier molecular flexibility index (Phi) is 3.36. The standard InChI is InChI=1S/C17H24ClN3/c1-10-15(18)19-16(12-5-6-12)20-17(10)21(2)9-14-8-11-3-4-13(14)7-11/h11-14H,3-9H2,1-2H3. The highest BCUT2D eigenvalue weighted by Gasteiger charge is 2.40. The first-order valence-corrected chi connectivity index (χ1v) is 8.74. The van der Waals surface area contributed by atoms with Crippen molar-refractivity contribution in [2.75, 3.05) is 18.5 Å². The molecule has 0 spiro atoms. The summed E-state index contributed by atoms with van der Waals surface area (Å²) in [5.41, 5.74) is 1.03. The van der Waals surface area contributed by atoms with Gasteiger partial charge in [0.25, 0.3) is 0 Å². The minimum absolute atomic E-state index is 0.553. The first-order valence-electron chi connectivity index (χ1n) is 8.37. The topological polar surface area (TPSA) is 29.0 Å². The van der Waals surface area contributed by atoms with Gasteiger partial charge in [0.05, 0.1) is 0 Å². The molecule has 0 amide bonds. The smallest absolute Gasteiger partial charge is 0.137 e. The van der Waals surface area contributed by atoms with Gasteiger partial charge in [0.2, 0.25) is 0 Å². The Morgan fingerprint density at radius 2 is 1.95 bits per heavy atom. The van der Waals surface area contributed by atoms with Crippen LogP contribution in [0.25, 0.3) is 0 Å². The van der Waals surface area contributed by atoms with Crippen LogP contribution in [0.4, 0.5) is 5.82 Å². The predicted molar refractivity (Wildman–Crippen MR) is 86.0 cm³/mol. The summed E-state index contributed by atoms with van der Waals surface area (Å²) in [4.78, 5) is 11.6. The van der Waals surface area contributed by atoms with Gasteiger partial charge in [-0.3, -0.25) is 0 Å². The van der Waals surface area contributed by atoms with E-state index in [1.807, 2.05) is 6.92 Å². The second-order valence-electron chi connectivity index (χ2n) is 7.41. The quantitative estimate of drug-likeness (QED) is 0.781. The Morgan fingerprint density at radius 1 is 1.14 bits per heavy atom. The first kappa shape index (κ1) is 13.8. The average Bonchev–Trinajstić information content (AvgIpc) is 3.11. The summed E-state index contributed by atoms with van der Waals surface area (Å²) < 4.78 is 0. The van der Waals surface area contributed by atoms with Crippen molar-refractivity contribution in [1.29, 1.82) is 0 Å². The van der Waals surface area contributed by atoms with E-state index in [0.717, 1.165) is 41.5 Å². The summed E-state index contributed by atoms with van der Waals surface area (Å²) in [6, 6.07) is 0. The van der Waals surface area contributed by atoms with Crippen molar-refractivity contribution in [3.8, 4) is 0 Å². The van der Waals surface area contributed by atoms with Crippen LogP contribution in [0.5, 0.6) is 0 Å². The SMILES string of the molecule is Cc1c(Cl)nc(C2CC2)nc1N(C)CC1CC2CCC1C2. The van der Waals surface area contributed by atoms with Gasteiger partial charge in [-0.2, -0.15) is 0 Å². The van der Waals surface area contributed by atoms with Crippen LogP contribution in [0.2, 0.25) is 5.15 Å². The molecule has 3 unspecified atom stereocenters. The molecule has 1 aromatic heterocycles. The van der Waals surface area contributed by atoms with Gasteiger partial charge < -0.3 is 4.90 Å². The molecule has 0 N–H and O–H groups in total. The van der Waals surface area contributed by atoms with Gasteiger partial charge in [-0.05, 0) is 56.8 Å². The molecule has 0 aliphatic heterocycles. The molecule has 0 saturated heterocycles. The second kappa shape index (κ2) is 5.12.